The standard InChI is InChI=1S/C26H38N4O4/c27-29-25(31)21-11-15-23(16-12-21)33-19-9-7-5-3-1-2-4-6-8-10-20-34-24-17-13-22(14-18-24)26(32)30-28/h11-18H,1-10,19-20,27-28H2,(H,29,31)(H,30,32). The summed E-state index contributed by atoms with van der Waals surface area (Å²) in [5.74, 6) is 11.2. The Morgan fingerprint density at radius 3 is 1.12 bits per heavy atom. The van der Waals surface area contributed by atoms with E-state index in [-0.39, 0.29) is 11.8 Å². The van der Waals surface area contributed by atoms with Gasteiger partial charge in [-0.2, -0.15) is 0 Å². The molecule has 0 spiro atoms. The summed E-state index contributed by atoms with van der Waals surface area (Å²) in [5.41, 5.74) is 5.26. The van der Waals surface area contributed by atoms with Gasteiger partial charge in [-0.15, -0.1) is 0 Å². The van der Waals surface area contributed by atoms with E-state index in [0.29, 0.717) is 24.3 Å². The number of hydrazine groups is 2. The van der Waals surface area contributed by atoms with Crippen LogP contribution in [0, 0.1) is 0 Å². The Hall–Kier alpha value is -3.10. The van der Waals surface area contributed by atoms with E-state index in [2.05, 4.69) is 10.9 Å². The molecular weight excluding hydrogens is 432 g/mol. The third-order valence-electron chi connectivity index (χ3n) is 5.57. The van der Waals surface area contributed by atoms with Crippen LogP contribution in [0.2, 0.25) is 0 Å². The summed E-state index contributed by atoms with van der Waals surface area (Å²) < 4.78 is 11.4. The molecule has 2 aromatic rings. The molecule has 0 radical (unpaired) electrons. The molecule has 8 heteroatoms. The van der Waals surface area contributed by atoms with E-state index in [1.54, 1.807) is 48.5 Å². The molecule has 2 rings (SSSR count). The van der Waals surface area contributed by atoms with Crippen LogP contribution in [0.4, 0.5) is 0 Å². The second-order valence-electron chi connectivity index (χ2n) is 8.23. The molecule has 0 aliphatic carbocycles. The molecule has 0 aromatic heterocycles. The highest BCUT2D eigenvalue weighted by atomic mass is 16.5. The Morgan fingerprint density at radius 2 is 0.824 bits per heavy atom. The summed E-state index contributed by atoms with van der Waals surface area (Å²) in [4.78, 5) is 22.8. The van der Waals surface area contributed by atoms with Crippen LogP contribution in [-0.4, -0.2) is 25.0 Å². The Balaban J connectivity index is 1.36. The second-order valence-corrected chi connectivity index (χ2v) is 8.23. The maximum atomic E-state index is 11.4. The average molecular weight is 471 g/mol. The third kappa shape index (κ3) is 10.7. The van der Waals surface area contributed by atoms with E-state index >= 15 is 0 Å². The van der Waals surface area contributed by atoms with Gasteiger partial charge >= 0.3 is 0 Å². The molecule has 8 nitrogen and oxygen atoms in total. The van der Waals surface area contributed by atoms with E-state index in [4.69, 9.17) is 21.2 Å². The van der Waals surface area contributed by atoms with Crippen LogP contribution in [0.5, 0.6) is 11.5 Å². The summed E-state index contributed by atoms with van der Waals surface area (Å²) in [5, 5.41) is 0. The van der Waals surface area contributed by atoms with E-state index in [1.165, 1.54) is 51.4 Å². The van der Waals surface area contributed by atoms with Gasteiger partial charge < -0.3 is 9.47 Å². The van der Waals surface area contributed by atoms with Crippen LogP contribution >= 0.6 is 0 Å². The van der Waals surface area contributed by atoms with Gasteiger partial charge in [0.2, 0.25) is 0 Å². The van der Waals surface area contributed by atoms with Crippen molar-refractivity contribution in [3.63, 3.8) is 0 Å². The number of nitrogens with two attached hydrogens (primary N) is 2. The van der Waals surface area contributed by atoms with Crippen molar-refractivity contribution in [1.82, 2.24) is 10.9 Å². The first kappa shape index (κ1) is 27.1. The number of benzene rings is 2. The first-order valence-corrected chi connectivity index (χ1v) is 12.1. The fourth-order valence-electron chi connectivity index (χ4n) is 3.57. The molecule has 0 unspecified atom stereocenters. The fourth-order valence-corrected chi connectivity index (χ4v) is 3.57. The highest BCUT2D eigenvalue weighted by Crippen LogP contribution is 2.15. The molecule has 0 heterocycles. The smallest absolute Gasteiger partial charge is 0.265 e. The van der Waals surface area contributed by atoms with Gasteiger partial charge in [-0.25, -0.2) is 11.7 Å². The molecule has 2 aromatic carbocycles. The van der Waals surface area contributed by atoms with E-state index in [9.17, 15) is 9.59 Å². The quantitative estimate of drug-likeness (QED) is 0.118. The lowest BCUT2D eigenvalue weighted by Gasteiger charge is -2.07. The molecule has 34 heavy (non-hydrogen) atoms. The van der Waals surface area contributed by atoms with Crippen molar-refractivity contribution in [1.29, 1.82) is 0 Å². The van der Waals surface area contributed by atoms with Crippen molar-refractivity contribution in [2.24, 2.45) is 11.7 Å². The Labute approximate surface area is 202 Å². The zero-order chi connectivity index (χ0) is 24.4. The van der Waals surface area contributed by atoms with Crippen molar-refractivity contribution in [3.8, 4) is 11.5 Å². The van der Waals surface area contributed by atoms with Crippen LogP contribution in [0.3, 0.4) is 0 Å². The van der Waals surface area contributed by atoms with Gasteiger partial charge in [-0.05, 0) is 61.4 Å². The first-order chi connectivity index (χ1) is 16.6. The number of rotatable bonds is 17. The molecule has 0 fully saturated rings. The number of nitrogens with one attached hydrogen (secondary N) is 2. The predicted octanol–water partition coefficient (Wildman–Crippen LogP) is 4.25. The lowest BCUT2D eigenvalue weighted by molar-refractivity contribution is 0.0945. The highest BCUT2D eigenvalue weighted by molar-refractivity contribution is 5.94. The number of carbonyl (C=O) groups excluding carboxylic acids is 2. The van der Waals surface area contributed by atoms with E-state index < -0.39 is 0 Å². The monoisotopic (exact) mass is 470 g/mol. The van der Waals surface area contributed by atoms with Crippen LogP contribution in [0.1, 0.15) is 84.9 Å². The summed E-state index contributed by atoms with van der Waals surface area (Å²) >= 11 is 0. The molecule has 0 aliphatic rings. The normalized spacial score (nSPS) is 10.5. The molecule has 186 valence electrons. The van der Waals surface area contributed by atoms with Crippen molar-refractivity contribution in [3.05, 3.63) is 59.7 Å². The van der Waals surface area contributed by atoms with Crippen molar-refractivity contribution in [2.45, 2.75) is 64.2 Å². The SMILES string of the molecule is NNC(=O)c1ccc(OCCCCCCCCCCCCOc2ccc(C(=O)NN)cc2)cc1. The van der Waals surface area contributed by atoms with Gasteiger partial charge in [-0.1, -0.05) is 51.4 Å². The average Bonchev–Trinajstić information content (AvgIpc) is 2.88. The van der Waals surface area contributed by atoms with Gasteiger partial charge in [0.25, 0.3) is 11.8 Å². The second kappa shape index (κ2) is 16.5. The Morgan fingerprint density at radius 1 is 0.529 bits per heavy atom. The Bertz CT molecular complexity index is 769. The topological polar surface area (TPSA) is 129 Å². The minimum atomic E-state index is -0.306. The highest BCUT2D eigenvalue weighted by Gasteiger charge is 2.04. The minimum absolute atomic E-state index is 0.306. The largest absolute Gasteiger partial charge is 0.494 e. The zero-order valence-corrected chi connectivity index (χ0v) is 19.9. The third-order valence-corrected chi connectivity index (χ3v) is 5.57. The van der Waals surface area contributed by atoms with E-state index in [0.717, 1.165) is 24.3 Å². The van der Waals surface area contributed by atoms with Gasteiger partial charge in [0, 0.05) is 11.1 Å². The number of hydrogen-bond acceptors (Lipinski definition) is 6. The van der Waals surface area contributed by atoms with Crippen LogP contribution < -0.4 is 32.0 Å². The molecule has 0 aliphatic heterocycles. The van der Waals surface area contributed by atoms with Gasteiger partial charge in [0.15, 0.2) is 0 Å². The molecule has 0 saturated carbocycles. The summed E-state index contributed by atoms with van der Waals surface area (Å²) in [6.45, 7) is 1.38. The minimum Gasteiger partial charge on any atom is -0.494 e. The van der Waals surface area contributed by atoms with E-state index in [1.807, 2.05) is 0 Å². The lowest BCUT2D eigenvalue weighted by atomic mass is 10.1. The van der Waals surface area contributed by atoms with Crippen molar-refractivity contribution >= 4 is 11.8 Å². The molecule has 6 N–H and O–H groups in total. The molecule has 2 amide bonds. The van der Waals surface area contributed by atoms with Crippen molar-refractivity contribution in [2.75, 3.05) is 13.2 Å². The number of hydrogen-bond donors (Lipinski definition) is 4. The number of unbranched alkanes of at least 4 members (excludes halogenated alkanes) is 9. The fraction of sp³-hybridized carbons (Fsp3) is 0.462. The predicted molar refractivity (Wildman–Crippen MR) is 133 cm³/mol. The zero-order valence-electron chi connectivity index (χ0n) is 19.9. The summed E-state index contributed by atoms with van der Waals surface area (Å²) in [6.07, 6.45) is 12.0. The number of amides is 2. The number of nitrogen functional groups attached to an aromatic ring is 2. The van der Waals surface area contributed by atoms with Crippen LogP contribution in [0.25, 0.3) is 0 Å². The first-order valence-electron chi connectivity index (χ1n) is 12.1. The molecule has 0 saturated heterocycles. The maximum absolute atomic E-state index is 11.4. The number of carbonyl (C=O) groups is 2. The van der Waals surface area contributed by atoms with Crippen LogP contribution in [-0.2, 0) is 0 Å². The van der Waals surface area contributed by atoms with Crippen LogP contribution in [0.15, 0.2) is 48.5 Å². The molecule has 0 bridgehead atoms. The van der Waals surface area contributed by atoms with Gasteiger partial charge in [0.1, 0.15) is 11.5 Å². The Kier molecular flexibility index (Phi) is 13.2. The maximum Gasteiger partial charge on any atom is 0.265 e. The molecular formula is C26H38N4O4. The van der Waals surface area contributed by atoms with Crippen molar-refractivity contribution < 1.29 is 19.1 Å². The van der Waals surface area contributed by atoms with Gasteiger partial charge in [-0.3, -0.25) is 20.4 Å². The van der Waals surface area contributed by atoms with Gasteiger partial charge in [0.05, 0.1) is 13.2 Å². The lowest BCUT2D eigenvalue weighted by Crippen LogP contribution is -2.29. The molecule has 0 atom stereocenters. The number of ether oxygens (including phenoxy) is 2. The summed E-state index contributed by atoms with van der Waals surface area (Å²) in [7, 11) is 0. The summed E-state index contributed by atoms with van der Waals surface area (Å²) in [6, 6.07) is 14.0.